The largest absolute Gasteiger partial charge is 0.347 e. The molecular formula is C11H12N2O. The van der Waals surface area contributed by atoms with E-state index in [1.165, 1.54) is 5.56 Å². The van der Waals surface area contributed by atoms with Gasteiger partial charge in [-0.3, -0.25) is 4.79 Å². The maximum Gasteiger partial charge on any atom is 0.265 e. The molecular weight excluding hydrogens is 176 g/mol. The van der Waals surface area contributed by atoms with Gasteiger partial charge in [0.2, 0.25) is 0 Å². The molecule has 0 unspecified atom stereocenters. The molecule has 0 saturated heterocycles. The predicted molar refractivity (Wildman–Crippen MR) is 55.8 cm³/mol. The highest BCUT2D eigenvalue weighted by atomic mass is 16.1. The number of aliphatic imine (C=N–C) groups is 1. The summed E-state index contributed by atoms with van der Waals surface area (Å²) in [6.07, 6.45) is 0. The number of benzene rings is 1. The van der Waals surface area contributed by atoms with Crippen LogP contribution in [-0.2, 0) is 11.3 Å². The first-order valence-electron chi connectivity index (χ1n) is 4.60. The van der Waals surface area contributed by atoms with Gasteiger partial charge in [-0.05, 0) is 25.5 Å². The molecule has 1 heterocycles. The first kappa shape index (κ1) is 8.94. The van der Waals surface area contributed by atoms with E-state index in [1.54, 1.807) is 6.92 Å². The number of nitrogens with zero attached hydrogens (tertiary/aromatic N) is 1. The van der Waals surface area contributed by atoms with Crippen LogP contribution in [0.1, 0.15) is 18.1 Å². The number of rotatable bonds is 0. The van der Waals surface area contributed by atoms with E-state index < -0.39 is 0 Å². The van der Waals surface area contributed by atoms with E-state index in [1.807, 2.05) is 19.1 Å². The van der Waals surface area contributed by atoms with E-state index in [4.69, 9.17) is 0 Å². The minimum atomic E-state index is -0.0844. The van der Waals surface area contributed by atoms with Gasteiger partial charge in [0.25, 0.3) is 5.91 Å². The Balaban J connectivity index is 2.51. The summed E-state index contributed by atoms with van der Waals surface area (Å²) >= 11 is 0. The molecule has 3 heteroatoms. The average Bonchev–Trinajstić information content (AvgIpc) is 2.29. The van der Waals surface area contributed by atoms with Gasteiger partial charge >= 0.3 is 0 Å². The fourth-order valence-corrected chi connectivity index (χ4v) is 1.50. The van der Waals surface area contributed by atoms with Gasteiger partial charge in [-0.2, -0.15) is 0 Å². The molecule has 1 aliphatic heterocycles. The molecule has 72 valence electrons. The molecule has 1 aromatic rings. The molecule has 0 bridgehead atoms. The summed E-state index contributed by atoms with van der Waals surface area (Å²) in [5.41, 5.74) is 3.68. The zero-order valence-electron chi connectivity index (χ0n) is 8.29. The monoisotopic (exact) mass is 188 g/mol. The third-order valence-corrected chi connectivity index (χ3v) is 2.29. The molecule has 0 fully saturated rings. The molecule has 2 rings (SSSR count). The Morgan fingerprint density at radius 1 is 1.36 bits per heavy atom. The summed E-state index contributed by atoms with van der Waals surface area (Å²) < 4.78 is 0. The van der Waals surface area contributed by atoms with Crippen LogP contribution in [0.4, 0.5) is 5.69 Å². The Labute approximate surface area is 82.9 Å². The Hall–Kier alpha value is -1.64. The summed E-state index contributed by atoms with van der Waals surface area (Å²) in [5, 5.41) is 2.81. The summed E-state index contributed by atoms with van der Waals surface area (Å²) in [5.74, 6) is -0.0844. The molecule has 1 aliphatic rings. The van der Waals surface area contributed by atoms with Crippen molar-refractivity contribution in [2.45, 2.75) is 20.4 Å². The maximum absolute atomic E-state index is 11.3. The molecule has 0 atom stereocenters. The highest BCUT2D eigenvalue weighted by Gasteiger charge is 2.12. The van der Waals surface area contributed by atoms with E-state index in [-0.39, 0.29) is 5.91 Å². The lowest BCUT2D eigenvalue weighted by atomic mass is 10.1. The van der Waals surface area contributed by atoms with E-state index in [9.17, 15) is 4.79 Å². The lowest BCUT2D eigenvalue weighted by molar-refractivity contribution is -0.114. The number of hydrogen-bond acceptors (Lipinski definition) is 2. The van der Waals surface area contributed by atoms with Crippen molar-refractivity contribution in [3.63, 3.8) is 0 Å². The normalized spacial score (nSPS) is 15.3. The molecule has 0 aliphatic carbocycles. The van der Waals surface area contributed by atoms with Crippen molar-refractivity contribution >= 4 is 17.3 Å². The number of aryl methyl sites for hydroxylation is 1. The lowest BCUT2D eigenvalue weighted by Gasteiger charge is -2.03. The quantitative estimate of drug-likeness (QED) is 0.661. The van der Waals surface area contributed by atoms with Crippen LogP contribution in [0.3, 0.4) is 0 Å². The summed E-state index contributed by atoms with van der Waals surface area (Å²) in [7, 11) is 0. The van der Waals surface area contributed by atoms with Crippen molar-refractivity contribution < 1.29 is 4.79 Å². The first-order valence-corrected chi connectivity index (χ1v) is 4.60. The maximum atomic E-state index is 11.3. The molecule has 14 heavy (non-hydrogen) atoms. The van der Waals surface area contributed by atoms with Crippen LogP contribution in [0.25, 0.3) is 0 Å². The smallest absolute Gasteiger partial charge is 0.265 e. The van der Waals surface area contributed by atoms with Gasteiger partial charge in [0.15, 0.2) is 0 Å². The highest BCUT2D eigenvalue weighted by Crippen LogP contribution is 2.22. The van der Waals surface area contributed by atoms with Gasteiger partial charge in [0.05, 0.1) is 5.69 Å². The van der Waals surface area contributed by atoms with E-state index in [0.29, 0.717) is 12.3 Å². The summed E-state index contributed by atoms with van der Waals surface area (Å²) in [4.78, 5) is 15.6. The Kier molecular flexibility index (Phi) is 2.08. The lowest BCUT2D eigenvalue weighted by Crippen LogP contribution is -2.27. The van der Waals surface area contributed by atoms with Crippen molar-refractivity contribution in [1.82, 2.24) is 5.32 Å². The van der Waals surface area contributed by atoms with Gasteiger partial charge in [-0.1, -0.05) is 17.7 Å². The van der Waals surface area contributed by atoms with Crippen molar-refractivity contribution in [2.75, 3.05) is 0 Å². The minimum absolute atomic E-state index is 0.0844. The van der Waals surface area contributed by atoms with Crippen LogP contribution in [0.5, 0.6) is 0 Å². The van der Waals surface area contributed by atoms with Crippen LogP contribution >= 0.6 is 0 Å². The number of fused-ring (bicyclic) bond motifs is 1. The molecule has 0 aromatic heterocycles. The average molecular weight is 188 g/mol. The zero-order chi connectivity index (χ0) is 10.1. The van der Waals surface area contributed by atoms with Gasteiger partial charge < -0.3 is 5.32 Å². The van der Waals surface area contributed by atoms with Crippen molar-refractivity contribution in [3.8, 4) is 0 Å². The van der Waals surface area contributed by atoms with Crippen LogP contribution < -0.4 is 5.32 Å². The SMILES string of the molecule is CC1=Nc2ccc(C)cc2CNC1=O. The van der Waals surface area contributed by atoms with Crippen LogP contribution in [0.15, 0.2) is 23.2 Å². The molecule has 1 amide bonds. The van der Waals surface area contributed by atoms with Crippen molar-refractivity contribution in [2.24, 2.45) is 4.99 Å². The van der Waals surface area contributed by atoms with Gasteiger partial charge in [0.1, 0.15) is 5.71 Å². The van der Waals surface area contributed by atoms with E-state index in [2.05, 4.69) is 16.4 Å². The predicted octanol–water partition coefficient (Wildman–Crippen LogP) is 1.72. The van der Waals surface area contributed by atoms with Crippen LogP contribution in [0, 0.1) is 6.92 Å². The molecule has 1 aromatic carbocycles. The summed E-state index contributed by atoms with van der Waals surface area (Å²) in [6.45, 7) is 4.32. The van der Waals surface area contributed by atoms with Gasteiger partial charge in [-0.25, -0.2) is 4.99 Å². The van der Waals surface area contributed by atoms with Crippen LogP contribution in [0.2, 0.25) is 0 Å². The fraction of sp³-hybridized carbons (Fsp3) is 0.273. The van der Waals surface area contributed by atoms with Crippen molar-refractivity contribution in [3.05, 3.63) is 29.3 Å². The highest BCUT2D eigenvalue weighted by molar-refractivity contribution is 6.38. The summed E-state index contributed by atoms with van der Waals surface area (Å²) in [6, 6.07) is 6.01. The molecule has 0 saturated carbocycles. The third kappa shape index (κ3) is 1.53. The molecule has 3 nitrogen and oxygen atoms in total. The second-order valence-electron chi connectivity index (χ2n) is 3.51. The van der Waals surface area contributed by atoms with E-state index >= 15 is 0 Å². The van der Waals surface area contributed by atoms with E-state index in [0.717, 1.165) is 11.3 Å². The zero-order valence-corrected chi connectivity index (χ0v) is 8.29. The molecule has 0 radical (unpaired) electrons. The first-order chi connectivity index (χ1) is 6.66. The minimum Gasteiger partial charge on any atom is -0.347 e. The number of hydrogen-bond donors (Lipinski definition) is 1. The Morgan fingerprint density at radius 2 is 2.14 bits per heavy atom. The third-order valence-electron chi connectivity index (χ3n) is 2.29. The number of carbonyl (C=O) groups excluding carboxylic acids is 1. The second kappa shape index (κ2) is 3.25. The Bertz CT molecular complexity index is 421. The standard InChI is InChI=1S/C11H12N2O/c1-7-3-4-10-9(5-7)6-12-11(14)8(2)13-10/h3-5H,6H2,1-2H3,(H,12,14). The number of nitrogens with one attached hydrogen (secondary N) is 1. The van der Waals surface area contributed by atoms with Gasteiger partial charge in [-0.15, -0.1) is 0 Å². The Morgan fingerprint density at radius 3 is 2.93 bits per heavy atom. The second-order valence-corrected chi connectivity index (χ2v) is 3.51. The van der Waals surface area contributed by atoms with Crippen molar-refractivity contribution in [1.29, 1.82) is 0 Å². The number of carbonyl (C=O) groups is 1. The number of amides is 1. The van der Waals surface area contributed by atoms with Crippen LogP contribution in [-0.4, -0.2) is 11.6 Å². The topological polar surface area (TPSA) is 41.5 Å². The molecule has 1 N–H and O–H groups in total. The van der Waals surface area contributed by atoms with Gasteiger partial charge in [0, 0.05) is 6.54 Å². The fourth-order valence-electron chi connectivity index (χ4n) is 1.50. The molecule has 0 spiro atoms.